The van der Waals surface area contributed by atoms with Crippen molar-refractivity contribution in [1.29, 1.82) is 0 Å². The highest BCUT2D eigenvalue weighted by Gasteiger charge is 2.29. The van der Waals surface area contributed by atoms with E-state index in [9.17, 15) is 9.90 Å². The number of aromatic nitrogens is 1. The van der Waals surface area contributed by atoms with Crippen LogP contribution < -0.4 is 5.63 Å². The van der Waals surface area contributed by atoms with Gasteiger partial charge in [-0.15, -0.1) is 11.3 Å². The average Bonchev–Trinajstić information content (AvgIpc) is 3.33. The molecule has 4 aromatic rings. The molecule has 2 aromatic heterocycles. The van der Waals surface area contributed by atoms with Gasteiger partial charge in [0.2, 0.25) is 0 Å². The third-order valence-electron chi connectivity index (χ3n) is 5.74. The molecular formula is C23H22N2O3S. The number of hydrogen-bond acceptors (Lipinski definition) is 6. The van der Waals surface area contributed by atoms with Crippen molar-refractivity contribution in [3.05, 3.63) is 69.0 Å². The van der Waals surface area contributed by atoms with Gasteiger partial charge in [-0.05, 0) is 55.1 Å². The van der Waals surface area contributed by atoms with Gasteiger partial charge in [-0.1, -0.05) is 19.1 Å². The van der Waals surface area contributed by atoms with Crippen LogP contribution in [0.1, 0.15) is 41.9 Å². The van der Waals surface area contributed by atoms with Gasteiger partial charge >= 0.3 is 5.63 Å². The highest BCUT2D eigenvalue weighted by atomic mass is 32.1. The fourth-order valence-corrected chi connectivity index (χ4v) is 5.40. The minimum Gasteiger partial charge on any atom is -0.508 e. The Kier molecular flexibility index (Phi) is 4.60. The number of nitrogens with zero attached hydrogens (tertiary/aromatic N) is 2. The second kappa shape index (κ2) is 7.28. The van der Waals surface area contributed by atoms with Crippen LogP contribution in [0, 0.1) is 0 Å². The molecular weight excluding hydrogens is 384 g/mol. The van der Waals surface area contributed by atoms with Crippen molar-refractivity contribution in [3.63, 3.8) is 0 Å². The maximum Gasteiger partial charge on any atom is 0.336 e. The molecule has 148 valence electrons. The van der Waals surface area contributed by atoms with Crippen LogP contribution in [0.25, 0.3) is 21.2 Å². The average molecular weight is 407 g/mol. The predicted octanol–water partition coefficient (Wildman–Crippen LogP) is 5.01. The second-order valence-electron chi connectivity index (χ2n) is 7.57. The molecule has 3 heterocycles. The monoisotopic (exact) mass is 406 g/mol. The van der Waals surface area contributed by atoms with Gasteiger partial charge in [0.25, 0.3) is 0 Å². The number of phenolic OH excluding ortho intramolecular Hbond substituents is 1. The Bertz CT molecular complexity index is 1230. The van der Waals surface area contributed by atoms with Crippen LogP contribution >= 0.6 is 11.3 Å². The Morgan fingerprint density at radius 1 is 1.24 bits per heavy atom. The van der Waals surface area contributed by atoms with Crippen LogP contribution in [0.3, 0.4) is 0 Å². The van der Waals surface area contributed by atoms with Crippen molar-refractivity contribution >= 4 is 32.5 Å². The zero-order chi connectivity index (χ0) is 20.0. The Balaban J connectivity index is 1.53. The molecule has 1 saturated heterocycles. The Morgan fingerprint density at radius 3 is 2.93 bits per heavy atom. The number of benzene rings is 2. The number of para-hydroxylation sites is 1. The normalized spacial score (nSPS) is 17.5. The molecule has 0 amide bonds. The molecule has 1 aliphatic heterocycles. The van der Waals surface area contributed by atoms with Gasteiger partial charge in [0.15, 0.2) is 0 Å². The maximum absolute atomic E-state index is 12.1. The number of hydrogen-bond donors (Lipinski definition) is 1. The molecule has 1 fully saturated rings. The lowest BCUT2D eigenvalue weighted by Crippen LogP contribution is -2.23. The van der Waals surface area contributed by atoms with Crippen molar-refractivity contribution < 1.29 is 9.52 Å². The minimum atomic E-state index is -0.383. The summed E-state index contributed by atoms with van der Waals surface area (Å²) in [4.78, 5) is 19.4. The van der Waals surface area contributed by atoms with Gasteiger partial charge in [-0.25, -0.2) is 9.78 Å². The Labute approximate surface area is 172 Å². The van der Waals surface area contributed by atoms with E-state index in [1.54, 1.807) is 23.5 Å². The van der Waals surface area contributed by atoms with E-state index < -0.39 is 0 Å². The molecule has 1 atom stereocenters. The lowest BCUT2D eigenvalue weighted by molar-refractivity contribution is 0.248. The third kappa shape index (κ3) is 3.32. The van der Waals surface area contributed by atoms with Gasteiger partial charge in [0, 0.05) is 24.1 Å². The first-order valence-corrected chi connectivity index (χ1v) is 10.8. The van der Waals surface area contributed by atoms with E-state index in [-0.39, 0.29) is 17.4 Å². The third-order valence-corrected chi connectivity index (χ3v) is 6.88. The topological polar surface area (TPSA) is 66.6 Å². The van der Waals surface area contributed by atoms with Crippen molar-refractivity contribution in [3.8, 4) is 5.75 Å². The lowest BCUT2D eigenvalue weighted by atomic mass is 10.0. The number of likely N-dealkylation sites (tertiary alicyclic amines) is 1. The van der Waals surface area contributed by atoms with E-state index in [1.165, 1.54) is 4.70 Å². The molecule has 6 heteroatoms. The van der Waals surface area contributed by atoms with Gasteiger partial charge < -0.3 is 9.52 Å². The number of aryl methyl sites for hydroxylation is 1. The first-order chi connectivity index (χ1) is 14.1. The molecule has 1 aliphatic rings. The summed E-state index contributed by atoms with van der Waals surface area (Å²) in [5.74, 6) is 0.175. The second-order valence-corrected chi connectivity index (χ2v) is 8.63. The smallest absolute Gasteiger partial charge is 0.336 e. The van der Waals surface area contributed by atoms with Crippen LogP contribution in [-0.2, 0) is 13.0 Å². The molecule has 1 N–H and O–H groups in total. The van der Waals surface area contributed by atoms with Crippen molar-refractivity contribution in [1.82, 2.24) is 9.88 Å². The lowest BCUT2D eigenvalue weighted by Gasteiger charge is -2.23. The van der Waals surface area contributed by atoms with Crippen LogP contribution in [0.4, 0.5) is 0 Å². The molecule has 0 spiro atoms. The molecule has 0 radical (unpaired) electrons. The Morgan fingerprint density at radius 2 is 2.10 bits per heavy atom. The van der Waals surface area contributed by atoms with Gasteiger partial charge in [-0.2, -0.15) is 0 Å². The van der Waals surface area contributed by atoms with Crippen LogP contribution in [0.15, 0.2) is 51.7 Å². The molecule has 0 unspecified atom stereocenters. The van der Waals surface area contributed by atoms with Crippen molar-refractivity contribution in [2.75, 3.05) is 6.54 Å². The van der Waals surface area contributed by atoms with Gasteiger partial charge in [0.1, 0.15) is 16.3 Å². The van der Waals surface area contributed by atoms with Gasteiger partial charge in [-0.3, -0.25) is 4.90 Å². The summed E-state index contributed by atoms with van der Waals surface area (Å²) in [6, 6.07) is 13.6. The standard InChI is InChI=1S/C23H22N2O3S/c1-2-14-10-16-15(11-22(27)28-20(16)12-19(14)26)13-25-9-5-7-18(25)23-24-17-6-3-4-8-21(17)29-23/h3-4,6,8,10-12,18,26H,2,5,7,9,13H2,1H3/t18-/m1/s1. The number of thiazole rings is 1. The highest BCUT2D eigenvalue weighted by Crippen LogP contribution is 2.38. The van der Waals surface area contributed by atoms with E-state index in [1.807, 2.05) is 25.1 Å². The number of aromatic hydroxyl groups is 1. The summed E-state index contributed by atoms with van der Waals surface area (Å²) < 4.78 is 6.57. The SMILES string of the molecule is CCc1cc2c(CN3CCC[C@@H]3c3nc4ccccc4s3)cc(=O)oc2cc1O. The quantitative estimate of drug-likeness (QED) is 0.483. The fraction of sp³-hybridized carbons (Fsp3) is 0.304. The summed E-state index contributed by atoms with van der Waals surface area (Å²) in [5, 5.41) is 12.2. The molecule has 0 aliphatic carbocycles. The minimum absolute atomic E-state index is 0.175. The van der Waals surface area contributed by atoms with E-state index in [2.05, 4.69) is 17.0 Å². The van der Waals surface area contributed by atoms with Crippen molar-refractivity contribution in [2.45, 2.75) is 38.8 Å². The van der Waals surface area contributed by atoms with E-state index >= 15 is 0 Å². The first-order valence-electron chi connectivity index (χ1n) is 10.0. The molecule has 29 heavy (non-hydrogen) atoms. The highest BCUT2D eigenvalue weighted by molar-refractivity contribution is 7.18. The summed E-state index contributed by atoms with van der Waals surface area (Å²) in [7, 11) is 0. The molecule has 5 rings (SSSR count). The number of fused-ring (bicyclic) bond motifs is 2. The maximum atomic E-state index is 12.1. The van der Waals surface area contributed by atoms with Gasteiger partial charge in [0.05, 0.1) is 16.3 Å². The van der Waals surface area contributed by atoms with Crippen LogP contribution in [0.5, 0.6) is 5.75 Å². The fourth-order valence-electron chi connectivity index (χ4n) is 4.27. The summed E-state index contributed by atoms with van der Waals surface area (Å²) in [5.41, 5.74) is 2.91. The predicted molar refractivity (Wildman–Crippen MR) is 116 cm³/mol. The largest absolute Gasteiger partial charge is 0.508 e. The summed E-state index contributed by atoms with van der Waals surface area (Å²) in [6.45, 7) is 3.64. The first kappa shape index (κ1) is 18.3. The zero-order valence-corrected chi connectivity index (χ0v) is 17.0. The van der Waals surface area contributed by atoms with Crippen molar-refractivity contribution in [2.24, 2.45) is 0 Å². The van der Waals surface area contributed by atoms with E-state index in [4.69, 9.17) is 9.40 Å². The summed E-state index contributed by atoms with van der Waals surface area (Å²) >= 11 is 1.76. The number of phenols is 1. The van der Waals surface area contributed by atoms with E-state index in [0.717, 1.165) is 52.8 Å². The zero-order valence-electron chi connectivity index (χ0n) is 16.2. The molecule has 2 aromatic carbocycles. The van der Waals surface area contributed by atoms with E-state index in [0.29, 0.717) is 12.1 Å². The summed E-state index contributed by atoms with van der Waals surface area (Å²) in [6.07, 6.45) is 2.90. The van der Waals surface area contributed by atoms with Crippen LogP contribution in [-0.4, -0.2) is 21.5 Å². The Hall–Kier alpha value is -2.70. The molecule has 0 bridgehead atoms. The van der Waals surface area contributed by atoms with Crippen LogP contribution in [0.2, 0.25) is 0 Å². The number of rotatable bonds is 4. The molecule has 0 saturated carbocycles. The molecule has 5 nitrogen and oxygen atoms in total.